The maximum Gasteiger partial charge on any atom is 0.221 e. The highest BCUT2D eigenvalue weighted by molar-refractivity contribution is 7.99. The van der Waals surface area contributed by atoms with Crippen LogP contribution in [0.15, 0.2) is 29.2 Å². The van der Waals surface area contributed by atoms with Crippen LogP contribution in [0.5, 0.6) is 5.75 Å². The Hall–Kier alpha value is -1.16. The SMILES string of the molecule is O=C(CCSc1cccc(O)c1)NC1CC1. The number of aromatic hydroxyl groups is 1. The fourth-order valence-electron chi connectivity index (χ4n) is 1.36. The van der Waals surface area contributed by atoms with Crippen LogP contribution >= 0.6 is 11.8 Å². The summed E-state index contributed by atoms with van der Waals surface area (Å²) >= 11 is 1.59. The van der Waals surface area contributed by atoms with Crippen molar-refractivity contribution >= 4 is 17.7 Å². The molecule has 4 heteroatoms. The zero-order valence-corrected chi connectivity index (χ0v) is 9.80. The molecule has 0 bridgehead atoms. The molecule has 1 aliphatic carbocycles. The molecule has 1 saturated carbocycles. The molecule has 1 amide bonds. The molecule has 1 aromatic carbocycles. The highest BCUT2D eigenvalue weighted by Crippen LogP contribution is 2.23. The van der Waals surface area contributed by atoms with Gasteiger partial charge in [-0.3, -0.25) is 4.79 Å². The van der Waals surface area contributed by atoms with Gasteiger partial charge in [0.05, 0.1) is 0 Å². The second-order valence-corrected chi connectivity index (χ2v) is 5.11. The Morgan fingerprint density at radius 2 is 2.31 bits per heavy atom. The fraction of sp³-hybridized carbons (Fsp3) is 0.417. The lowest BCUT2D eigenvalue weighted by molar-refractivity contribution is -0.120. The van der Waals surface area contributed by atoms with E-state index in [9.17, 15) is 9.90 Å². The Labute approximate surface area is 99.2 Å². The topological polar surface area (TPSA) is 49.3 Å². The minimum atomic E-state index is 0.134. The number of carbonyl (C=O) groups is 1. The van der Waals surface area contributed by atoms with E-state index in [1.165, 1.54) is 0 Å². The third-order valence-corrected chi connectivity index (χ3v) is 3.35. The normalized spacial score (nSPS) is 14.8. The summed E-state index contributed by atoms with van der Waals surface area (Å²) in [6, 6.07) is 7.54. The largest absolute Gasteiger partial charge is 0.508 e. The van der Waals surface area contributed by atoms with Gasteiger partial charge in [-0.25, -0.2) is 0 Å². The zero-order valence-electron chi connectivity index (χ0n) is 8.98. The summed E-state index contributed by atoms with van der Waals surface area (Å²) in [6.45, 7) is 0. The Bertz CT molecular complexity index is 377. The summed E-state index contributed by atoms with van der Waals surface area (Å²) < 4.78 is 0. The van der Waals surface area contributed by atoms with Crippen LogP contribution in [0, 0.1) is 0 Å². The van der Waals surface area contributed by atoms with Crippen LogP contribution < -0.4 is 5.32 Å². The van der Waals surface area contributed by atoms with E-state index in [4.69, 9.17) is 0 Å². The van der Waals surface area contributed by atoms with E-state index in [0.29, 0.717) is 12.5 Å². The third kappa shape index (κ3) is 3.77. The molecule has 0 saturated heterocycles. The molecule has 0 radical (unpaired) electrons. The van der Waals surface area contributed by atoms with Crippen LogP contribution in [0.1, 0.15) is 19.3 Å². The number of nitrogens with one attached hydrogen (secondary N) is 1. The number of thioether (sulfide) groups is 1. The van der Waals surface area contributed by atoms with Gasteiger partial charge in [-0.05, 0) is 31.0 Å². The van der Waals surface area contributed by atoms with Crippen molar-refractivity contribution in [3.8, 4) is 5.75 Å². The minimum Gasteiger partial charge on any atom is -0.508 e. The molecule has 86 valence electrons. The fourth-order valence-corrected chi connectivity index (χ4v) is 2.26. The maximum atomic E-state index is 11.4. The molecule has 2 N–H and O–H groups in total. The summed E-state index contributed by atoms with van der Waals surface area (Å²) in [5.74, 6) is 1.16. The summed E-state index contributed by atoms with van der Waals surface area (Å²) in [4.78, 5) is 12.4. The number of hydrogen-bond acceptors (Lipinski definition) is 3. The number of amides is 1. The second-order valence-electron chi connectivity index (χ2n) is 3.94. The van der Waals surface area contributed by atoms with Crippen LogP contribution in [0.4, 0.5) is 0 Å². The molecule has 0 unspecified atom stereocenters. The highest BCUT2D eigenvalue weighted by atomic mass is 32.2. The second kappa shape index (κ2) is 5.25. The van der Waals surface area contributed by atoms with E-state index in [1.807, 2.05) is 12.1 Å². The average molecular weight is 237 g/mol. The molecule has 0 aromatic heterocycles. The molecule has 0 spiro atoms. The Kier molecular flexibility index (Phi) is 3.72. The van der Waals surface area contributed by atoms with E-state index >= 15 is 0 Å². The van der Waals surface area contributed by atoms with Crippen molar-refractivity contribution in [2.24, 2.45) is 0 Å². The lowest BCUT2D eigenvalue weighted by Crippen LogP contribution is -2.25. The van der Waals surface area contributed by atoms with Crippen molar-refractivity contribution in [2.45, 2.75) is 30.2 Å². The third-order valence-electron chi connectivity index (χ3n) is 2.36. The van der Waals surface area contributed by atoms with Crippen molar-refractivity contribution in [1.82, 2.24) is 5.32 Å². The number of hydrogen-bond donors (Lipinski definition) is 2. The summed E-state index contributed by atoms with van der Waals surface area (Å²) in [5.41, 5.74) is 0. The first-order valence-electron chi connectivity index (χ1n) is 5.45. The van der Waals surface area contributed by atoms with Crippen molar-refractivity contribution in [3.05, 3.63) is 24.3 Å². The number of carbonyl (C=O) groups excluding carboxylic acids is 1. The molecule has 1 aromatic rings. The molecule has 0 aliphatic heterocycles. The van der Waals surface area contributed by atoms with Gasteiger partial charge in [-0.15, -0.1) is 11.8 Å². The number of benzene rings is 1. The lowest BCUT2D eigenvalue weighted by atomic mass is 10.3. The molecule has 2 rings (SSSR count). The number of phenols is 1. The molecular weight excluding hydrogens is 222 g/mol. The monoisotopic (exact) mass is 237 g/mol. The summed E-state index contributed by atoms with van der Waals surface area (Å²) in [5, 5.41) is 12.2. The minimum absolute atomic E-state index is 0.134. The molecule has 0 atom stereocenters. The summed E-state index contributed by atoms with van der Waals surface area (Å²) in [7, 11) is 0. The first kappa shape index (κ1) is 11.3. The average Bonchev–Trinajstić information content (AvgIpc) is 3.02. The van der Waals surface area contributed by atoms with Gasteiger partial charge in [0.2, 0.25) is 5.91 Å². The van der Waals surface area contributed by atoms with Gasteiger partial charge in [0.1, 0.15) is 5.75 Å². The molecule has 1 fully saturated rings. The van der Waals surface area contributed by atoms with E-state index in [0.717, 1.165) is 23.5 Å². The quantitative estimate of drug-likeness (QED) is 0.771. The van der Waals surface area contributed by atoms with Gasteiger partial charge in [-0.1, -0.05) is 6.07 Å². The predicted octanol–water partition coefficient (Wildman–Crippen LogP) is 2.15. The Morgan fingerprint density at radius 3 is 3.00 bits per heavy atom. The van der Waals surface area contributed by atoms with Crippen LogP contribution in [0.25, 0.3) is 0 Å². The van der Waals surface area contributed by atoms with Crippen molar-refractivity contribution in [2.75, 3.05) is 5.75 Å². The van der Waals surface area contributed by atoms with Crippen molar-refractivity contribution in [3.63, 3.8) is 0 Å². The van der Waals surface area contributed by atoms with Gasteiger partial charge in [0.15, 0.2) is 0 Å². The lowest BCUT2D eigenvalue weighted by Gasteiger charge is -2.03. The van der Waals surface area contributed by atoms with E-state index < -0.39 is 0 Å². The van der Waals surface area contributed by atoms with Crippen LogP contribution in [0.3, 0.4) is 0 Å². The Balaban J connectivity index is 1.68. The predicted molar refractivity (Wildman–Crippen MR) is 64.6 cm³/mol. The molecule has 0 heterocycles. The zero-order chi connectivity index (χ0) is 11.4. The first-order chi connectivity index (χ1) is 7.74. The van der Waals surface area contributed by atoms with Gasteiger partial charge in [-0.2, -0.15) is 0 Å². The van der Waals surface area contributed by atoms with Crippen LogP contribution in [-0.4, -0.2) is 22.8 Å². The van der Waals surface area contributed by atoms with E-state index in [1.54, 1.807) is 23.9 Å². The van der Waals surface area contributed by atoms with Gasteiger partial charge < -0.3 is 10.4 Å². The van der Waals surface area contributed by atoms with Gasteiger partial charge >= 0.3 is 0 Å². The smallest absolute Gasteiger partial charge is 0.221 e. The molecule has 1 aliphatic rings. The molecular formula is C12H15NO2S. The van der Waals surface area contributed by atoms with Crippen molar-refractivity contribution in [1.29, 1.82) is 0 Å². The van der Waals surface area contributed by atoms with Crippen molar-refractivity contribution < 1.29 is 9.90 Å². The Morgan fingerprint density at radius 1 is 1.50 bits per heavy atom. The standard InChI is InChI=1S/C12H15NO2S/c14-10-2-1-3-11(8-10)16-7-6-12(15)13-9-4-5-9/h1-3,8-9,14H,4-7H2,(H,13,15). The maximum absolute atomic E-state index is 11.4. The van der Waals surface area contributed by atoms with E-state index in [2.05, 4.69) is 5.32 Å². The van der Waals surface area contributed by atoms with E-state index in [-0.39, 0.29) is 11.7 Å². The molecule has 3 nitrogen and oxygen atoms in total. The van der Waals surface area contributed by atoms with Crippen LogP contribution in [0.2, 0.25) is 0 Å². The number of rotatable bonds is 5. The number of phenolic OH excluding ortho intramolecular Hbond substituents is 1. The first-order valence-corrected chi connectivity index (χ1v) is 6.44. The molecule has 16 heavy (non-hydrogen) atoms. The van der Waals surface area contributed by atoms with Gasteiger partial charge in [0, 0.05) is 23.1 Å². The van der Waals surface area contributed by atoms with Crippen LogP contribution in [-0.2, 0) is 4.79 Å². The highest BCUT2D eigenvalue weighted by Gasteiger charge is 2.22. The van der Waals surface area contributed by atoms with Gasteiger partial charge in [0.25, 0.3) is 0 Å². The summed E-state index contributed by atoms with van der Waals surface area (Å²) in [6.07, 6.45) is 2.80.